The molecule has 6 heteroatoms. The maximum atomic E-state index is 5.68. The molecular weight excluding hydrogens is 272 g/mol. The second-order valence-corrected chi connectivity index (χ2v) is 5.49. The Kier molecular flexibility index (Phi) is 4.28. The number of pyridine rings is 1. The van der Waals surface area contributed by atoms with Crippen LogP contribution in [0, 0.1) is 0 Å². The van der Waals surface area contributed by atoms with E-state index in [1.165, 1.54) is 0 Å². The summed E-state index contributed by atoms with van der Waals surface area (Å²) in [4.78, 5) is 6.89. The maximum absolute atomic E-state index is 5.68. The lowest BCUT2D eigenvalue weighted by Crippen LogP contribution is -2.57. The summed E-state index contributed by atoms with van der Waals surface area (Å²) in [6.45, 7) is 4.58. The zero-order valence-corrected chi connectivity index (χ0v) is 12.6. The van der Waals surface area contributed by atoms with Crippen molar-refractivity contribution in [3.63, 3.8) is 0 Å². The molecule has 2 saturated heterocycles. The Balaban J connectivity index is 1.85. The third-order valence-corrected chi connectivity index (χ3v) is 4.34. The van der Waals surface area contributed by atoms with E-state index >= 15 is 0 Å². The molecule has 0 aromatic carbocycles. The Hall–Kier alpha value is -1.37. The Morgan fingerprint density at radius 1 is 1.24 bits per heavy atom. The van der Waals surface area contributed by atoms with Crippen LogP contribution in [0.3, 0.4) is 0 Å². The molecule has 1 spiro atoms. The largest absolute Gasteiger partial charge is 0.493 e. The summed E-state index contributed by atoms with van der Waals surface area (Å²) in [5.41, 5.74) is 0.874. The molecule has 0 saturated carbocycles. The molecular formula is C15H22N2O4. The molecule has 6 nitrogen and oxygen atoms in total. The monoisotopic (exact) mass is 294 g/mol. The SMILES string of the molecule is COc1ccnc(CN2CCOCC23CCOC3)c1OC. The molecule has 0 N–H and O–H groups in total. The van der Waals surface area contributed by atoms with Crippen LogP contribution in [0.25, 0.3) is 0 Å². The molecule has 2 fully saturated rings. The van der Waals surface area contributed by atoms with Crippen LogP contribution in [-0.4, -0.2) is 62.6 Å². The highest BCUT2D eigenvalue weighted by molar-refractivity contribution is 5.42. The predicted octanol–water partition coefficient (Wildman–Crippen LogP) is 1.09. The fraction of sp³-hybridized carbons (Fsp3) is 0.667. The van der Waals surface area contributed by atoms with Gasteiger partial charge in [-0.25, -0.2) is 0 Å². The molecule has 1 aromatic rings. The normalized spacial score (nSPS) is 26.2. The lowest BCUT2D eigenvalue weighted by molar-refractivity contribution is -0.0756. The van der Waals surface area contributed by atoms with Crippen LogP contribution in [0.5, 0.6) is 11.5 Å². The Morgan fingerprint density at radius 2 is 2.05 bits per heavy atom. The van der Waals surface area contributed by atoms with Gasteiger partial charge in [-0.15, -0.1) is 0 Å². The number of morpholine rings is 1. The van der Waals surface area contributed by atoms with Crippen LogP contribution in [0.4, 0.5) is 0 Å². The van der Waals surface area contributed by atoms with Gasteiger partial charge in [-0.1, -0.05) is 0 Å². The van der Waals surface area contributed by atoms with E-state index in [0.717, 1.165) is 45.1 Å². The number of hydrogen-bond acceptors (Lipinski definition) is 6. The number of rotatable bonds is 4. The van der Waals surface area contributed by atoms with E-state index in [2.05, 4.69) is 9.88 Å². The van der Waals surface area contributed by atoms with Gasteiger partial charge in [0, 0.05) is 32.0 Å². The van der Waals surface area contributed by atoms with Gasteiger partial charge in [0.15, 0.2) is 11.5 Å². The molecule has 21 heavy (non-hydrogen) atoms. The van der Waals surface area contributed by atoms with Crippen LogP contribution in [-0.2, 0) is 16.0 Å². The summed E-state index contributed by atoms with van der Waals surface area (Å²) in [5.74, 6) is 1.42. The number of methoxy groups -OCH3 is 2. The Morgan fingerprint density at radius 3 is 2.76 bits per heavy atom. The highest BCUT2D eigenvalue weighted by atomic mass is 16.5. The minimum Gasteiger partial charge on any atom is -0.493 e. The first-order valence-electron chi connectivity index (χ1n) is 7.25. The molecule has 2 aliphatic heterocycles. The van der Waals surface area contributed by atoms with Crippen molar-refractivity contribution in [3.05, 3.63) is 18.0 Å². The molecule has 0 radical (unpaired) electrons. The minimum atomic E-state index is -0.0198. The van der Waals surface area contributed by atoms with Crippen molar-refractivity contribution in [2.24, 2.45) is 0 Å². The first-order chi connectivity index (χ1) is 10.3. The highest BCUT2D eigenvalue weighted by Gasteiger charge is 2.43. The molecule has 0 amide bonds. The van der Waals surface area contributed by atoms with Gasteiger partial charge < -0.3 is 18.9 Å². The average Bonchev–Trinajstić information content (AvgIpc) is 2.98. The van der Waals surface area contributed by atoms with Gasteiger partial charge in [0.1, 0.15) is 5.69 Å². The molecule has 116 valence electrons. The van der Waals surface area contributed by atoms with Gasteiger partial charge in [0.2, 0.25) is 0 Å². The van der Waals surface area contributed by atoms with E-state index < -0.39 is 0 Å². The first kappa shape index (κ1) is 14.6. The summed E-state index contributed by atoms with van der Waals surface area (Å²) in [5, 5.41) is 0. The Labute approximate surface area is 125 Å². The molecule has 2 aliphatic rings. The van der Waals surface area contributed by atoms with Crippen molar-refractivity contribution in [1.82, 2.24) is 9.88 Å². The quantitative estimate of drug-likeness (QED) is 0.828. The fourth-order valence-corrected chi connectivity index (χ4v) is 3.12. The molecule has 1 atom stereocenters. The van der Waals surface area contributed by atoms with Crippen molar-refractivity contribution >= 4 is 0 Å². The van der Waals surface area contributed by atoms with E-state index in [1.54, 1.807) is 20.4 Å². The van der Waals surface area contributed by atoms with Gasteiger partial charge >= 0.3 is 0 Å². The van der Waals surface area contributed by atoms with Crippen molar-refractivity contribution in [2.45, 2.75) is 18.5 Å². The fourth-order valence-electron chi connectivity index (χ4n) is 3.12. The van der Waals surface area contributed by atoms with Gasteiger partial charge in [-0.3, -0.25) is 9.88 Å². The average molecular weight is 294 g/mol. The van der Waals surface area contributed by atoms with Gasteiger partial charge in [-0.2, -0.15) is 0 Å². The standard InChI is InChI=1S/C15H22N2O4/c1-18-13-3-5-16-12(14(13)19-2)9-17-6-8-21-11-15(17)4-7-20-10-15/h3,5H,4,6-11H2,1-2H3. The van der Waals surface area contributed by atoms with Gasteiger partial charge in [0.25, 0.3) is 0 Å². The molecule has 0 bridgehead atoms. The van der Waals surface area contributed by atoms with E-state index in [-0.39, 0.29) is 5.54 Å². The topological polar surface area (TPSA) is 53.1 Å². The highest BCUT2D eigenvalue weighted by Crippen LogP contribution is 2.34. The van der Waals surface area contributed by atoms with Crippen molar-refractivity contribution in [1.29, 1.82) is 0 Å². The summed E-state index contributed by atoms with van der Waals surface area (Å²) >= 11 is 0. The summed E-state index contributed by atoms with van der Waals surface area (Å²) in [7, 11) is 3.29. The number of nitrogens with zero attached hydrogens (tertiary/aromatic N) is 2. The number of aromatic nitrogens is 1. The lowest BCUT2D eigenvalue weighted by atomic mass is 9.95. The zero-order chi connectivity index (χ0) is 14.7. The van der Waals surface area contributed by atoms with Crippen molar-refractivity contribution < 1.29 is 18.9 Å². The smallest absolute Gasteiger partial charge is 0.183 e. The second-order valence-electron chi connectivity index (χ2n) is 5.49. The zero-order valence-electron chi connectivity index (χ0n) is 12.6. The predicted molar refractivity (Wildman–Crippen MR) is 76.7 cm³/mol. The minimum absolute atomic E-state index is 0.0198. The Bertz CT molecular complexity index is 489. The molecule has 0 aliphatic carbocycles. The lowest BCUT2D eigenvalue weighted by Gasteiger charge is -2.43. The van der Waals surface area contributed by atoms with Crippen LogP contribution < -0.4 is 9.47 Å². The third-order valence-electron chi connectivity index (χ3n) is 4.34. The van der Waals surface area contributed by atoms with Crippen LogP contribution in [0.15, 0.2) is 12.3 Å². The number of ether oxygens (including phenoxy) is 4. The third kappa shape index (κ3) is 2.71. The van der Waals surface area contributed by atoms with Gasteiger partial charge in [0.05, 0.1) is 39.6 Å². The molecule has 1 unspecified atom stereocenters. The van der Waals surface area contributed by atoms with E-state index in [1.807, 2.05) is 6.07 Å². The molecule has 3 heterocycles. The summed E-state index contributed by atoms with van der Waals surface area (Å²) in [6.07, 6.45) is 2.76. The van der Waals surface area contributed by atoms with Crippen molar-refractivity contribution in [3.8, 4) is 11.5 Å². The van der Waals surface area contributed by atoms with E-state index in [0.29, 0.717) is 18.0 Å². The second kappa shape index (κ2) is 6.17. The molecule has 1 aromatic heterocycles. The first-order valence-corrected chi connectivity index (χ1v) is 7.25. The summed E-state index contributed by atoms with van der Waals surface area (Å²) in [6, 6.07) is 1.82. The van der Waals surface area contributed by atoms with Gasteiger partial charge in [-0.05, 0) is 6.42 Å². The van der Waals surface area contributed by atoms with Crippen molar-refractivity contribution in [2.75, 3.05) is 47.2 Å². The van der Waals surface area contributed by atoms with Crippen LogP contribution >= 0.6 is 0 Å². The molecule has 3 rings (SSSR count). The summed E-state index contributed by atoms with van der Waals surface area (Å²) < 4.78 is 22.1. The maximum Gasteiger partial charge on any atom is 0.183 e. The van der Waals surface area contributed by atoms with E-state index in [4.69, 9.17) is 18.9 Å². The van der Waals surface area contributed by atoms with Crippen LogP contribution in [0.1, 0.15) is 12.1 Å². The number of hydrogen-bond donors (Lipinski definition) is 0. The van der Waals surface area contributed by atoms with E-state index in [9.17, 15) is 0 Å². The van der Waals surface area contributed by atoms with Crippen LogP contribution in [0.2, 0.25) is 0 Å².